The third kappa shape index (κ3) is 3.04. The van der Waals surface area contributed by atoms with Gasteiger partial charge in [0.2, 0.25) is 17.7 Å². The van der Waals surface area contributed by atoms with Crippen molar-refractivity contribution in [3.8, 4) is 0 Å². The average Bonchev–Trinajstić information content (AvgIpc) is 2.98. The summed E-state index contributed by atoms with van der Waals surface area (Å²) in [4.78, 5) is 35.6. The summed E-state index contributed by atoms with van der Waals surface area (Å²) in [6.07, 6.45) is 4.03. The molecule has 2 aliphatic rings. The van der Waals surface area contributed by atoms with Crippen LogP contribution in [0.3, 0.4) is 0 Å². The predicted molar refractivity (Wildman–Crippen MR) is 74.0 cm³/mol. The minimum atomic E-state index is -0.462. The zero-order valence-electron chi connectivity index (χ0n) is 11.7. The van der Waals surface area contributed by atoms with Gasteiger partial charge in [-0.05, 0) is 30.5 Å². The summed E-state index contributed by atoms with van der Waals surface area (Å²) >= 11 is 0. The molecular formula is C15H16N2O4. The van der Waals surface area contributed by atoms with Gasteiger partial charge >= 0.3 is 0 Å². The fraction of sp³-hybridized carbons (Fsp3) is 0.400. The van der Waals surface area contributed by atoms with Gasteiger partial charge in [0.1, 0.15) is 24.6 Å². The normalized spacial score (nSPS) is 25.3. The van der Waals surface area contributed by atoms with Gasteiger partial charge in [-0.15, -0.1) is 0 Å². The summed E-state index contributed by atoms with van der Waals surface area (Å²) in [7, 11) is 0. The molecule has 6 nitrogen and oxygen atoms in total. The molecule has 1 aromatic heterocycles. The third-order valence-corrected chi connectivity index (χ3v) is 3.77. The van der Waals surface area contributed by atoms with Crippen LogP contribution < -0.4 is 5.32 Å². The second-order valence-corrected chi connectivity index (χ2v) is 5.56. The average molecular weight is 288 g/mol. The number of carbonyl (C=O) groups is 3. The van der Waals surface area contributed by atoms with E-state index in [1.54, 1.807) is 6.08 Å². The van der Waals surface area contributed by atoms with Gasteiger partial charge in [0.05, 0.1) is 0 Å². The maximum atomic E-state index is 11.9. The maximum absolute atomic E-state index is 11.9. The van der Waals surface area contributed by atoms with Gasteiger partial charge in [-0.25, -0.2) is 0 Å². The van der Waals surface area contributed by atoms with E-state index in [0.717, 1.165) is 12.2 Å². The Morgan fingerprint density at radius 2 is 2.00 bits per heavy atom. The van der Waals surface area contributed by atoms with Crippen LogP contribution in [0.1, 0.15) is 30.8 Å². The largest absolute Gasteiger partial charge is 0.461 e. The smallest absolute Gasteiger partial charge is 0.247 e. The molecule has 1 saturated carbocycles. The Balaban J connectivity index is 1.62. The Labute approximate surface area is 121 Å². The van der Waals surface area contributed by atoms with E-state index in [9.17, 15) is 14.4 Å². The summed E-state index contributed by atoms with van der Waals surface area (Å²) in [6, 6.07) is 3.74. The number of amides is 3. The third-order valence-electron chi connectivity index (χ3n) is 3.77. The van der Waals surface area contributed by atoms with E-state index in [4.69, 9.17) is 4.42 Å². The van der Waals surface area contributed by atoms with Crippen molar-refractivity contribution in [3.05, 3.63) is 29.7 Å². The van der Waals surface area contributed by atoms with Crippen LogP contribution in [0.5, 0.6) is 0 Å². The van der Waals surface area contributed by atoms with Gasteiger partial charge in [-0.2, -0.15) is 0 Å². The molecule has 6 heteroatoms. The second-order valence-electron chi connectivity index (χ2n) is 5.56. The van der Waals surface area contributed by atoms with Gasteiger partial charge in [-0.1, -0.05) is 6.92 Å². The van der Waals surface area contributed by atoms with Crippen molar-refractivity contribution in [2.75, 3.05) is 13.1 Å². The van der Waals surface area contributed by atoms with Gasteiger partial charge in [0.25, 0.3) is 0 Å². The Morgan fingerprint density at radius 3 is 2.62 bits per heavy atom. The quantitative estimate of drug-likeness (QED) is 0.662. The highest BCUT2D eigenvalue weighted by Gasteiger charge is 2.36. The lowest BCUT2D eigenvalue weighted by atomic mass is 10.3. The molecule has 1 aliphatic heterocycles. The number of carbonyl (C=O) groups excluding carboxylic acids is 3. The molecule has 1 N–H and O–H groups in total. The summed E-state index contributed by atoms with van der Waals surface area (Å²) in [6.45, 7) is 1.97. The van der Waals surface area contributed by atoms with E-state index < -0.39 is 11.8 Å². The first-order valence-electron chi connectivity index (χ1n) is 6.92. The van der Waals surface area contributed by atoms with Crippen molar-refractivity contribution in [2.45, 2.75) is 19.3 Å². The van der Waals surface area contributed by atoms with Crippen LogP contribution in [-0.2, 0) is 14.4 Å². The molecule has 1 saturated heterocycles. The van der Waals surface area contributed by atoms with Crippen molar-refractivity contribution in [2.24, 2.45) is 5.92 Å². The van der Waals surface area contributed by atoms with E-state index in [1.807, 2.05) is 12.1 Å². The zero-order chi connectivity index (χ0) is 15.0. The number of furan rings is 1. The standard InChI is InChI=1S/C15H16N2O4/c1-9-6-11(9)12-4-2-10(21-12)3-5-15(20)17-7-13(18)16-14(19)8-17/h2-5,9,11H,6-8H2,1H3,(H,16,18,19). The van der Waals surface area contributed by atoms with Crippen molar-refractivity contribution >= 4 is 23.8 Å². The Kier molecular flexibility index (Phi) is 3.37. The second kappa shape index (κ2) is 5.20. The molecule has 2 heterocycles. The lowest BCUT2D eigenvalue weighted by Crippen LogP contribution is -2.52. The summed E-state index contributed by atoms with van der Waals surface area (Å²) in [5.41, 5.74) is 0. The molecule has 110 valence electrons. The highest BCUT2D eigenvalue weighted by atomic mass is 16.3. The van der Waals surface area contributed by atoms with E-state index in [2.05, 4.69) is 12.2 Å². The first-order chi connectivity index (χ1) is 10.0. The predicted octanol–water partition coefficient (Wildman–Crippen LogP) is 0.901. The molecule has 3 rings (SSSR count). The number of nitrogens with zero attached hydrogens (tertiary/aromatic N) is 1. The highest BCUT2D eigenvalue weighted by molar-refractivity contribution is 6.04. The number of imide groups is 1. The SMILES string of the molecule is CC1CC1c1ccc(C=CC(=O)N2CC(=O)NC(=O)C2)o1. The Bertz CT molecular complexity index is 615. The topological polar surface area (TPSA) is 79.6 Å². The molecule has 21 heavy (non-hydrogen) atoms. The van der Waals surface area contributed by atoms with Crippen LogP contribution in [0.25, 0.3) is 6.08 Å². The van der Waals surface area contributed by atoms with Crippen LogP contribution >= 0.6 is 0 Å². The van der Waals surface area contributed by atoms with Gasteiger partial charge in [0, 0.05) is 12.0 Å². The van der Waals surface area contributed by atoms with Gasteiger partial charge < -0.3 is 9.32 Å². The lowest BCUT2D eigenvalue weighted by Gasteiger charge is -2.23. The lowest BCUT2D eigenvalue weighted by molar-refractivity contribution is -0.143. The molecule has 0 bridgehead atoms. The van der Waals surface area contributed by atoms with E-state index in [0.29, 0.717) is 17.6 Å². The van der Waals surface area contributed by atoms with Gasteiger partial charge in [0.15, 0.2) is 0 Å². The molecule has 1 aromatic rings. The number of piperazine rings is 1. The first kappa shape index (κ1) is 13.6. The van der Waals surface area contributed by atoms with Gasteiger partial charge in [-0.3, -0.25) is 19.7 Å². The molecule has 2 unspecified atom stereocenters. The fourth-order valence-corrected chi connectivity index (χ4v) is 2.43. The number of nitrogens with one attached hydrogen (secondary N) is 1. The van der Waals surface area contributed by atoms with Crippen LogP contribution in [0.4, 0.5) is 0 Å². The van der Waals surface area contributed by atoms with Crippen molar-refractivity contribution in [1.82, 2.24) is 10.2 Å². The minimum Gasteiger partial charge on any atom is -0.461 e. The zero-order valence-corrected chi connectivity index (χ0v) is 11.7. The Morgan fingerprint density at radius 1 is 1.33 bits per heavy atom. The molecule has 0 spiro atoms. The number of hydrogen-bond acceptors (Lipinski definition) is 4. The van der Waals surface area contributed by atoms with Crippen LogP contribution in [0, 0.1) is 5.92 Å². The molecule has 0 radical (unpaired) electrons. The van der Waals surface area contributed by atoms with E-state index >= 15 is 0 Å². The summed E-state index contributed by atoms with van der Waals surface area (Å²) < 4.78 is 5.65. The van der Waals surface area contributed by atoms with E-state index in [1.165, 1.54) is 11.0 Å². The van der Waals surface area contributed by atoms with Crippen molar-refractivity contribution < 1.29 is 18.8 Å². The molecule has 3 amide bonds. The van der Waals surface area contributed by atoms with Crippen LogP contribution in [0.2, 0.25) is 0 Å². The van der Waals surface area contributed by atoms with E-state index in [-0.39, 0.29) is 19.0 Å². The van der Waals surface area contributed by atoms with Crippen molar-refractivity contribution in [3.63, 3.8) is 0 Å². The number of rotatable bonds is 3. The van der Waals surface area contributed by atoms with Crippen LogP contribution in [0.15, 0.2) is 22.6 Å². The first-order valence-corrected chi connectivity index (χ1v) is 6.92. The minimum absolute atomic E-state index is 0.0993. The summed E-state index contributed by atoms with van der Waals surface area (Å²) in [5.74, 6) is 1.40. The fourth-order valence-electron chi connectivity index (χ4n) is 2.43. The van der Waals surface area contributed by atoms with Crippen molar-refractivity contribution in [1.29, 1.82) is 0 Å². The molecular weight excluding hydrogens is 272 g/mol. The molecule has 1 aliphatic carbocycles. The molecule has 2 atom stereocenters. The molecule has 0 aromatic carbocycles. The highest BCUT2D eigenvalue weighted by Crippen LogP contribution is 2.47. The molecule has 2 fully saturated rings. The van der Waals surface area contributed by atoms with Crippen LogP contribution in [-0.4, -0.2) is 35.7 Å². The Hall–Kier alpha value is -2.37. The summed E-state index contributed by atoms with van der Waals surface area (Å²) in [5, 5.41) is 2.15. The number of hydrogen-bond donors (Lipinski definition) is 1. The monoisotopic (exact) mass is 288 g/mol. The maximum Gasteiger partial charge on any atom is 0.247 e.